The Kier molecular flexibility index (Phi) is 53.7. The third-order valence-corrected chi connectivity index (χ3v) is 10.4. The minimum Gasteiger partial charge on any atom is -0.462 e. The minimum atomic E-state index is -0.822. The van der Waals surface area contributed by atoms with Gasteiger partial charge in [0.2, 0.25) is 0 Å². The highest BCUT2D eigenvalue weighted by Crippen LogP contribution is 2.09. The van der Waals surface area contributed by atoms with Gasteiger partial charge in [-0.05, 0) is 141 Å². The van der Waals surface area contributed by atoms with Crippen molar-refractivity contribution in [3.05, 3.63) is 194 Å². The van der Waals surface area contributed by atoms with E-state index in [1.165, 1.54) is 0 Å². The summed E-state index contributed by atoms with van der Waals surface area (Å²) in [6.07, 6.45) is 93.9. The Morgan fingerprint density at radius 2 is 0.571 bits per heavy atom. The zero-order valence-electron chi connectivity index (χ0n) is 43.9. The molecule has 5 nitrogen and oxygen atoms in total. The number of unbranched alkanes of at least 4 members (excludes halogenated alkanes) is 6. The van der Waals surface area contributed by atoms with E-state index in [0.717, 1.165) is 148 Å². The van der Waals surface area contributed by atoms with Crippen molar-refractivity contribution >= 4 is 11.9 Å². The van der Waals surface area contributed by atoms with Gasteiger partial charge in [-0.15, -0.1) is 0 Å². The highest BCUT2D eigenvalue weighted by atomic mass is 16.6. The number of carbonyl (C=O) groups excluding carboxylic acids is 2. The van der Waals surface area contributed by atoms with Gasteiger partial charge in [-0.1, -0.05) is 221 Å². The number of ether oxygens (including phenoxy) is 2. The van der Waals surface area contributed by atoms with Crippen LogP contribution in [0.1, 0.15) is 181 Å². The Hall–Kier alpha value is -5.26. The molecule has 1 unspecified atom stereocenters. The van der Waals surface area contributed by atoms with Crippen molar-refractivity contribution in [1.82, 2.24) is 0 Å². The van der Waals surface area contributed by atoms with E-state index in [0.29, 0.717) is 12.8 Å². The molecule has 0 spiro atoms. The maximum absolute atomic E-state index is 12.3. The molecule has 0 radical (unpaired) electrons. The lowest BCUT2D eigenvalue weighted by molar-refractivity contribution is -0.161. The summed E-state index contributed by atoms with van der Waals surface area (Å²) in [5.41, 5.74) is 0. The van der Waals surface area contributed by atoms with Gasteiger partial charge in [-0.25, -0.2) is 0 Å². The van der Waals surface area contributed by atoms with Crippen LogP contribution in [0.25, 0.3) is 0 Å². The van der Waals surface area contributed by atoms with Crippen molar-refractivity contribution in [3.63, 3.8) is 0 Å². The van der Waals surface area contributed by atoms with E-state index in [1.54, 1.807) is 0 Å². The smallest absolute Gasteiger partial charge is 0.306 e. The Morgan fingerprint density at radius 1 is 0.329 bits per heavy atom. The maximum Gasteiger partial charge on any atom is 0.306 e. The standard InChI is InChI=1S/C65H96O5/c1-3-5-7-9-11-13-15-17-19-21-22-23-24-25-26-27-28-29-30-31-32-33-34-35-36-37-38-39-40-41-42-44-46-48-50-52-54-56-58-60-65(68)70-63(61-66)62-69-64(67)59-57-55-53-51-49-47-45-43-20-18-16-14-12-10-8-6-4-2/h5-8,11-14,17-20,22-23,25-26,28-29,31-32,34-35,37-38,40-41,44-47,50,52,63,66H,3-4,9-10,15-16,21,24,27,30,33,36,39,42-43,48-49,51,53-62H2,1-2H3/b7-5-,8-6-,13-11-,14-12-,19-17-,20-18-,23-22-,26-25-,29-28-,32-31-,35-34-,38-37-,41-40-,46-44-,47-45-,52-50-. The van der Waals surface area contributed by atoms with Crippen LogP contribution in [0.4, 0.5) is 0 Å². The van der Waals surface area contributed by atoms with E-state index in [2.05, 4.69) is 208 Å². The summed E-state index contributed by atoms with van der Waals surface area (Å²) >= 11 is 0. The van der Waals surface area contributed by atoms with E-state index >= 15 is 0 Å². The quantitative estimate of drug-likeness (QED) is 0.0374. The average molecular weight is 957 g/mol. The Bertz CT molecular complexity index is 1700. The predicted octanol–water partition coefficient (Wildman–Crippen LogP) is 18.5. The van der Waals surface area contributed by atoms with Crippen LogP contribution in [0, 0.1) is 0 Å². The summed E-state index contributed by atoms with van der Waals surface area (Å²) in [6, 6.07) is 0. The van der Waals surface area contributed by atoms with Crippen LogP contribution in [0.3, 0.4) is 0 Å². The topological polar surface area (TPSA) is 72.8 Å². The first-order valence-electron chi connectivity index (χ1n) is 27.0. The number of allylic oxidation sites excluding steroid dienone is 32. The first-order chi connectivity index (χ1) is 34.6. The van der Waals surface area contributed by atoms with Crippen LogP contribution in [0.5, 0.6) is 0 Å². The number of hydrogen-bond acceptors (Lipinski definition) is 5. The van der Waals surface area contributed by atoms with Crippen molar-refractivity contribution in [2.75, 3.05) is 13.2 Å². The minimum absolute atomic E-state index is 0.111. The van der Waals surface area contributed by atoms with Crippen molar-refractivity contribution < 1.29 is 24.2 Å². The highest BCUT2D eigenvalue weighted by molar-refractivity contribution is 5.70. The molecular weight excluding hydrogens is 861 g/mol. The molecule has 0 aromatic carbocycles. The van der Waals surface area contributed by atoms with E-state index < -0.39 is 6.10 Å². The number of carbonyl (C=O) groups is 2. The van der Waals surface area contributed by atoms with Crippen LogP contribution < -0.4 is 0 Å². The zero-order chi connectivity index (χ0) is 50.6. The molecule has 0 heterocycles. The van der Waals surface area contributed by atoms with Gasteiger partial charge in [-0.3, -0.25) is 9.59 Å². The summed E-state index contributed by atoms with van der Waals surface area (Å²) in [5, 5.41) is 9.62. The van der Waals surface area contributed by atoms with E-state index in [1.807, 2.05) is 0 Å². The number of rotatable bonds is 46. The molecule has 0 fully saturated rings. The van der Waals surface area contributed by atoms with Crippen LogP contribution >= 0.6 is 0 Å². The number of aliphatic hydroxyl groups is 1. The Labute approximate surface area is 428 Å². The normalized spacial score (nSPS) is 13.8. The molecule has 1 N–H and O–H groups in total. The van der Waals surface area contributed by atoms with E-state index in [-0.39, 0.29) is 31.6 Å². The number of esters is 2. The van der Waals surface area contributed by atoms with Gasteiger partial charge in [-0.2, -0.15) is 0 Å². The van der Waals surface area contributed by atoms with Gasteiger partial charge < -0.3 is 14.6 Å². The second kappa shape index (κ2) is 58.1. The molecule has 0 rings (SSSR count). The van der Waals surface area contributed by atoms with Crippen LogP contribution in [0.2, 0.25) is 0 Å². The SMILES string of the molecule is CC/C=C\C/C=C\C/C=C\C/C=C\C/C=C\C/C=C\C/C=C\C/C=C\C/C=C\C/C=C\C/C=C\C/C=C\CCCCC(=O)OC(CO)COC(=O)CCCCCC/C=C\C/C=C\C/C=C\C/C=C\CC. The first kappa shape index (κ1) is 64.7. The maximum atomic E-state index is 12.3. The van der Waals surface area contributed by atoms with Gasteiger partial charge in [0.05, 0.1) is 6.61 Å². The van der Waals surface area contributed by atoms with Crippen molar-refractivity contribution in [3.8, 4) is 0 Å². The van der Waals surface area contributed by atoms with Gasteiger partial charge >= 0.3 is 11.9 Å². The van der Waals surface area contributed by atoms with Crippen LogP contribution in [-0.2, 0) is 19.1 Å². The molecule has 0 aromatic heterocycles. The average Bonchev–Trinajstić information content (AvgIpc) is 3.36. The van der Waals surface area contributed by atoms with Crippen molar-refractivity contribution in [2.45, 2.75) is 187 Å². The molecule has 0 aromatic rings. The fourth-order valence-electron chi connectivity index (χ4n) is 6.41. The fourth-order valence-corrected chi connectivity index (χ4v) is 6.41. The van der Waals surface area contributed by atoms with Crippen molar-refractivity contribution in [2.24, 2.45) is 0 Å². The molecule has 0 aliphatic rings. The van der Waals surface area contributed by atoms with Gasteiger partial charge in [0.25, 0.3) is 0 Å². The zero-order valence-corrected chi connectivity index (χ0v) is 43.9. The third-order valence-electron chi connectivity index (χ3n) is 10.4. The number of hydrogen-bond donors (Lipinski definition) is 1. The molecule has 386 valence electrons. The van der Waals surface area contributed by atoms with Gasteiger partial charge in [0, 0.05) is 12.8 Å². The van der Waals surface area contributed by atoms with Gasteiger partial charge in [0.15, 0.2) is 6.10 Å². The van der Waals surface area contributed by atoms with Gasteiger partial charge in [0.1, 0.15) is 6.61 Å². The summed E-state index contributed by atoms with van der Waals surface area (Å²) in [5.74, 6) is -0.689. The van der Waals surface area contributed by atoms with Crippen LogP contribution in [-0.4, -0.2) is 36.4 Å². The van der Waals surface area contributed by atoms with E-state index in [4.69, 9.17) is 9.47 Å². The lowest BCUT2D eigenvalue weighted by atomic mass is 10.1. The lowest BCUT2D eigenvalue weighted by Crippen LogP contribution is -2.28. The summed E-state index contributed by atoms with van der Waals surface area (Å²) in [6.45, 7) is 3.83. The second-order valence-corrected chi connectivity index (χ2v) is 16.8. The molecule has 5 heteroatoms. The van der Waals surface area contributed by atoms with Crippen molar-refractivity contribution in [1.29, 1.82) is 0 Å². The Morgan fingerprint density at radius 3 is 0.871 bits per heavy atom. The summed E-state index contributed by atoms with van der Waals surface area (Å²) < 4.78 is 10.6. The molecule has 0 saturated heterocycles. The Balaban J connectivity index is 3.75. The molecule has 0 amide bonds. The highest BCUT2D eigenvalue weighted by Gasteiger charge is 2.16. The molecule has 70 heavy (non-hydrogen) atoms. The molecule has 1 atom stereocenters. The summed E-state index contributed by atoms with van der Waals surface area (Å²) in [4.78, 5) is 24.4. The molecule has 0 bridgehead atoms. The predicted molar refractivity (Wildman–Crippen MR) is 306 cm³/mol. The lowest BCUT2D eigenvalue weighted by Gasteiger charge is -2.15. The number of aliphatic hydroxyl groups excluding tert-OH is 1. The molecule has 0 saturated carbocycles. The third kappa shape index (κ3) is 55.3. The monoisotopic (exact) mass is 957 g/mol. The molecular formula is C65H96O5. The van der Waals surface area contributed by atoms with Crippen LogP contribution in [0.15, 0.2) is 194 Å². The molecule has 0 aliphatic carbocycles. The molecule has 0 aliphatic heterocycles. The first-order valence-corrected chi connectivity index (χ1v) is 27.0. The second-order valence-electron chi connectivity index (χ2n) is 16.8. The largest absolute Gasteiger partial charge is 0.462 e. The van der Waals surface area contributed by atoms with E-state index in [9.17, 15) is 14.7 Å². The fraction of sp³-hybridized carbons (Fsp3) is 0.477. The summed E-state index contributed by atoms with van der Waals surface area (Å²) in [7, 11) is 0.